The van der Waals surface area contributed by atoms with Crippen molar-refractivity contribution in [3.8, 4) is 11.8 Å². The minimum absolute atomic E-state index is 0.714. The number of allylic oxidation sites excluding steroid dienone is 1. The molecule has 0 amide bonds. The molecule has 0 heterocycles. The molecule has 0 N–H and O–H groups in total. The maximum Gasteiger partial charge on any atom is 0.0203 e. The molecular weight excluding hydrogens is 240 g/mol. The standard InChI is InChI=1S/C20H32/c1-3-5-6-8-18-11-15-20(16-12-18)19-13-9-17(7-4-2)10-14-19/h3,17-20H,1,5-6,8-16H2,2H3/t17-,18-,19-,20-. The number of unbranched alkanes of at least 4 members (excludes halogenated alkanes) is 1. The van der Waals surface area contributed by atoms with Gasteiger partial charge in [-0.05, 0) is 76.0 Å². The molecule has 0 saturated heterocycles. The molecule has 0 bridgehead atoms. The van der Waals surface area contributed by atoms with Crippen molar-refractivity contribution in [2.24, 2.45) is 23.7 Å². The Morgan fingerprint density at radius 1 is 0.950 bits per heavy atom. The van der Waals surface area contributed by atoms with Crippen LogP contribution in [0.15, 0.2) is 12.7 Å². The lowest BCUT2D eigenvalue weighted by molar-refractivity contribution is 0.153. The Bertz CT molecular complexity index is 327. The zero-order valence-electron chi connectivity index (χ0n) is 13.4. The van der Waals surface area contributed by atoms with Gasteiger partial charge in [-0.15, -0.1) is 18.4 Å². The third-order valence-electron chi connectivity index (χ3n) is 5.70. The first-order valence-electron chi connectivity index (χ1n) is 8.86. The molecule has 0 nitrogen and oxygen atoms in total. The third-order valence-corrected chi connectivity index (χ3v) is 5.70. The Balaban J connectivity index is 1.66. The van der Waals surface area contributed by atoms with Gasteiger partial charge in [0.1, 0.15) is 0 Å². The average Bonchev–Trinajstić information content (AvgIpc) is 2.49. The van der Waals surface area contributed by atoms with Gasteiger partial charge in [-0.1, -0.05) is 25.3 Å². The molecular formula is C20H32. The molecule has 0 radical (unpaired) electrons. The highest BCUT2D eigenvalue weighted by Crippen LogP contribution is 2.42. The summed E-state index contributed by atoms with van der Waals surface area (Å²) in [5.74, 6) is 10.3. The summed E-state index contributed by atoms with van der Waals surface area (Å²) in [6.45, 7) is 5.81. The van der Waals surface area contributed by atoms with Crippen LogP contribution >= 0.6 is 0 Å². The molecule has 0 aromatic heterocycles. The molecule has 20 heavy (non-hydrogen) atoms. The van der Waals surface area contributed by atoms with Crippen LogP contribution in [0, 0.1) is 35.5 Å². The van der Waals surface area contributed by atoms with E-state index in [9.17, 15) is 0 Å². The topological polar surface area (TPSA) is 0 Å². The van der Waals surface area contributed by atoms with Crippen molar-refractivity contribution in [1.82, 2.24) is 0 Å². The molecule has 2 aliphatic carbocycles. The van der Waals surface area contributed by atoms with E-state index >= 15 is 0 Å². The number of hydrogen-bond donors (Lipinski definition) is 0. The van der Waals surface area contributed by atoms with E-state index in [0.717, 1.165) is 17.8 Å². The Kier molecular flexibility index (Phi) is 6.71. The van der Waals surface area contributed by atoms with Crippen LogP contribution in [0.1, 0.15) is 77.6 Å². The first-order valence-corrected chi connectivity index (χ1v) is 8.86. The largest absolute Gasteiger partial charge is 0.106 e. The van der Waals surface area contributed by atoms with Crippen molar-refractivity contribution in [2.45, 2.75) is 77.6 Å². The fraction of sp³-hybridized carbons (Fsp3) is 0.800. The average molecular weight is 272 g/mol. The number of rotatable bonds is 5. The predicted molar refractivity (Wildman–Crippen MR) is 88.4 cm³/mol. The van der Waals surface area contributed by atoms with Gasteiger partial charge in [0.2, 0.25) is 0 Å². The van der Waals surface area contributed by atoms with Crippen LogP contribution < -0.4 is 0 Å². The zero-order valence-corrected chi connectivity index (χ0v) is 13.4. The van der Waals surface area contributed by atoms with Gasteiger partial charge >= 0.3 is 0 Å². The first-order chi connectivity index (χ1) is 9.83. The molecule has 2 aliphatic rings. The lowest BCUT2D eigenvalue weighted by Crippen LogP contribution is -2.25. The zero-order chi connectivity index (χ0) is 14.2. The monoisotopic (exact) mass is 272 g/mol. The lowest BCUT2D eigenvalue weighted by atomic mass is 9.69. The normalized spacial score (nSPS) is 34.0. The van der Waals surface area contributed by atoms with Crippen LogP contribution in [-0.4, -0.2) is 0 Å². The summed E-state index contributed by atoms with van der Waals surface area (Å²) in [4.78, 5) is 0. The molecule has 0 aliphatic heterocycles. The minimum atomic E-state index is 0.714. The fourth-order valence-electron chi connectivity index (χ4n) is 4.44. The van der Waals surface area contributed by atoms with Crippen LogP contribution in [0.4, 0.5) is 0 Å². The van der Waals surface area contributed by atoms with E-state index in [-0.39, 0.29) is 0 Å². The molecule has 2 fully saturated rings. The summed E-state index contributed by atoms with van der Waals surface area (Å²) in [7, 11) is 0. The predicted octanol–water partition coefficient (Wildman–Crippen LogP) is 5.98. The van der Waals surface area contributed by atoms with Crippen LogP contribution in [-0.2, 0) is 0 Å². The summed E-state index contributed by atoms with van der Waals surface area (Å²) < 4.78 is 0. The van der Waals surface area contributed by atoms with Gasteiger partial charge in [0.15, 0.2) is 0 Å². The van der Waals surface area contributed by atoms with Crippen LogP contribution in [0.3, 0.4) is 0 Å². The third kappa shape index (κ3) is 4.69. The summed E-state index contributed by atoms with van der Waals surface area (Å²) in [5.41, 5.74) is 0. The molecule has 0 heteroatoms. The van der Waals surface area contributed by atoms with E-state index in [1.807, 2.05) is 6.92 Å². The van der Waals surface area contributed by atoms with Gasteiger partial charge in [0.05, 0.1) is 0 Å². The first kappa shape index (κ1) is 15.7. The fourth-order valence-corrected chi connectivity index (χ4v) is 4.44. The van der Waals surface area contributed by atoms with Crippen molar-refractivity contribution in [1.29, 1.82) is 0 Å². The van der Waals surface area contributed by atoms with E-state index in [1.165, 1.54) is 70.6 Å². The molecule has 0 aromatic carbocycles. The second-order valence-corrected chi connectivity index (χ2v) is 7.01. The summed E-state index contributed by atoms with van der Waals surface area (Å²) in [5, 5.41) is 0. The van der Waals surface area contributed by atoms with Crippen molar-refractivity contribution < 1.29 is 0 Å². The van der Waals surface area contributed by atoms with Crippen LogP contribution in [0.25, 0.3) is 0 Å². The molecule has 2 rings (SSSR count). The van der Waals surface area contributed by atoms with Gasteiger partial charge < -0.3 is 0 Å². The van der Waals surface area contributed by atoms with E-state index < -0.39 is 0 Å². The van der Waals surface area contributed by atoms with Gasteiger partial charge in [-0.3, -0.25) is 0 Å². The quantitative estimate of drug-likeness (QED) is 0.328. The van der Waals surface area contributed by atoms with Gasteiger partial charge in [0.25, 0.3) is 0 Å². The van der Waals surface area contributed by atoms with Crippen LogP contribution in [0.5, 0.6) is 0 Å². The van der Waals surface area contributed by atoms with Crippen molar-refractivity contribution in [3.63, 3.8) is 0 Å². The van der Waals surface area contributed by atoms with Crippen molar-refractivity contribution in [2.75, 3.05) is 0 Å². The van der Waals surface area contributed by atoms with E-state index in [4.69, 9.17) is 0 Å². The van der Waals surface area contributed by atoms with Gasteiger partial charge in [-0.2, -0.15) is 0 Å². The van der Waals surface area contributed by atoms with E-state index in [2.05, 4.69) is 24.5 Å². The second-order valence-electron chi connectivity index (χ2n) is 7.01. The maximum absolute atomic E-state index is 3.83. The summed E-state index contributed by atoms with van der Waals surface area (Å²) >= 11 is 0. The second kappa shape index (κ2) is 8.56. The van der Waals surface area contributed by atoms with Gasteiger partial charge in [-0.25, -0.2) is 0 Å². The summed E-state index contributed by atoms with van der Waals surface area (Å²) in [6, 6.07) is 0. The molecule has 112 valence electrons. The molecule has 0 atom stereocenters. The SMILES string of the molecule is C=CCCC[C@H]1CC[C@H]([C@H]2CC[C@H](C#CC)CC2)CC1. The van der Waals surface area contributed by atoms with Crippen molar-refractivity contribution >= 4 is 0 Å². The highest BCUT2D eigenvalue weighted by atomic mass is 14.3. The van der Waals surface area contributed by atoms with Crippen molar-refractivity contribution in [3.05, 3.63) is 12.7 Å². The summed E-state index contributed by atoms with van der Waals surface area (Å²) in [6.07, 6.45) is 17.7. The smallest absolute Gasteiger partial charge is 0.0203 e. The Labute approximate surface area is 126 Å². The maximum atomic E-state index is 3.83. The molecule has 0 unspecified atom stereocenters. The molecule has 2 saturated carbocycles. The highest BCUT2D eigenvalue weighted by Gasteiger charge is 2.30. The van der Waals surface area contributed by atoms with Crippen LogP contribution in [0.2, 0.25) is 0 Å². The van der Waals surface area contributed by atoms with E-state index in [1.54, 1.807) is 0 Å². The Hall–Kier alpha value is -0.700. The molecule has 0 aromatic rings. The minimum Gasteiger partial charge on any atom is -0.106 e. The number of hydrogen-bond acceptors (Lipinski definition) is 0. The van der Waals surface area contributed by atoms with Gasteiger partial charge in [0, 0.05) is 5.92 Å². The highest BCUT2D eigenvalue weighted by molar-refractivity contribution is 5.02. The Morgan fingerprint density at radius 3 is 2.10 bits per heavy atom. The lowest BCUT2D eigenvalue weighted by Gasteiger charge is -2.37. The Morgan fingerprint density at radius 2 is 1.55 bits per heavy atom. The molecule has 0 spiro atoms. The van der Waals surface area contributed by atoms with E-state index in [0.29, 0.717) is 5.92 Å².